The maximum absolute atomic E-state index is 10.7. The minimum Gasteiger partial charge on any atom is -0.276 e. The Morgan fingerprint density at radius 1 is 1.64 bits per heavy atom. The zero-order valence-electron chi connectivity index (χ0n) is 6.30. The number of allylic oxidation sites excluding steroid dienone is 6. The van der Waals surface area contributed by atoms with Crippen LogP contribution in [-0.4, -0.2) is 5.24 Å². The van der Waals surface area contributed by atoms with Crippen molar-refractivity contribution in [2.75, 3.05) is 0 Å². The van der Waals surface area contributed by atoms with Crippen LogP contribution in [0.5, 0.6) is 0 Å². The van der Waals surface area contributed by atoms with Crippen molar-refractivity contribution in [2.45, 2.75) is 13.3 Å². The van der Waals surface area contributed by atoms with Gasteiger partial charge in [-0.05, 0) is 24.9 Å². The minimum absolute atomic E-state index is 0.385. The van der Waals surface area contributed by atoms with Gasteiger partial charge in [0.05, 0.1) is 0 Å². The molecule has 0 aromatic heterocycles. The molecule has 58 valence electrons. The van der Waals surface area contributed by atoms with E-state index in [1.54, 1.807) is 6.08 Å². The zero-order chi connectivity index (χ0) is 8.27. The van der Waals surface area contributed by atoms with Crippen LogP contribution in [0, 0.1) is 0 Å². The van der Waals surface area contributed by atoms with Crippen LogP contribution in [0.4, 0.5) is 0 Å². The molecule has 0 saturated heterocycles. The topological polar surface area (TPSA) is 17.1 Å². The summed E-state index contributed by atoms with van der Waals surface area (Å²) in [5.41, 5.74) is 1.81. The predicted molar refractivity (Wildman–Crippen MR) is 46.5 cm³/mol. The second-order valence-electron chi connectivity index (χ2n) is 2.51. The zero-order valence-corrected chi connectivity index (χ0v) is 7.06. The molecule has 1 rings (SSSR count). The molecule has 1 aliphatic carbocycles. The molecule has 0 unspecified atom stereocenters. The van der Waals surface area contributed by atoms with E-state index in [2.05, 4.69) is 0 Å². The Kier molecular flexibility index (Phi) is 2.66. The Balaban J connectivity index is 2.82. The van der Waals surface area contributed by atoms with Crippen molar-refractivity contribution < 1.29 is 4.79 Å². The molecular weight excluding hydrogens is 160 g/mol. The third-order valence-electron chi connectivity index (χ3n) is 1.53. The molecule has 0 fully saturated rings. The fraction of sp³-hybridized carbons (Fsp3) is 0.222. The number of rotatable bonds is 1. The van der Waals surface area contributed by atoms with Gasteiger partial charge in [-0.25, -0.2) is 0 Å². The van der Waals surface area contributed by atoms with Gasteiger partial charge in [0.15, 0.2) is 0 Å². The summed E-state index contributed by atoms with van der Waals surface area (Å²) in [6.07, 6.45) is 8.19. The highest BCUT2D eigenvalue weighted by molar-refractivity contribution is 6.68. The van der Waals surface area contributed by atoms with Gasteiger partial charge in [0.1, 0.15) is 0 Å². The molecule has 0 spiro atoms. The number of hydrogen-bond donors (Lipinski definition) is 0. The Bertz CT molecular complexity index is 259. The molecule has 0 radical (unpaired) electrons. The highest BCUT2D eigenvalue weighted by Crippen LogP contribution is 2.12. The molecule has 1 aliphatic rings. The van der Waals surface area contributed by atoms with Crippen molar-refractivity contribution >= 4 is 16.8 Å². The Morgan fingerprint density at radius 3 is 3.00 bits per heavy atom. The lowest BCUT2D eigenvalue weighted by Crippen LogP contribution is -1.88. The lowest BCUT2D eigenvalue weighted by atomic mass is 10.2. The van der Waals surface area contributed by atoms with E-state index in [0.717, 1.165) is 6.42 Å². The Morgan fingerprint density at radius 2 is 2.36 bits per heavy atom. The maximum Gasteiger partial charge on any atom is 0.252 e. The third kappa shape index (κ3) is 2.35. The highest BCUT2D eigenvalue weighted by Gasteiger charge is 2.02. The van der Waals surface area contributed by atoms with E-state index in [-0.39, 0.29) is 5.24 Å². The van der Waals surface area contributed by atoms with Crippen molar-refractivity contribution in [3.05, 3.63) is 35.5 Å². The first-order valence-electron chi connectivity index (χ1n) is 3.44. The molecule has 0 heterocycles. The quantitative estimate of drug-likeness (QED) is 0.550. The highest BCUT2D eigenvalue weighted by atomic mass is 35.5. The van der Waals surface area contributed by atoms with Crippen LogP contribution in [0.25, 0.3) is 0 Å². The summed E-state index contributed by atoms with van der Waals surface area (Å²) in [7, 11) is 0. The molecule has 0 N–H and O–H groups in total. The first kappa shape index (κ1) is 8.28. The standard InChI is InChI=1S/C9H9ClO/c1-7-3-2-4-8(6-5-7)9(10)11/h2-4,6H,5H2,1H3. The van der Waals surface area contributed by atoms with Crippen molar-refractivity contribution in [1.29, 1.82) is 0 Å². The van der Waals surface area contributed by atoms with E-state index in [0.29, 0.717) is 5.57 Å². The average molecular weight is 169 g/mol. The van der Waals surface area contributed by atoms with Crippen molar-refractivity contribution in [2.24, 2.45) is 0 Å². The van der Waals surface area contributed by atoms with E-state index >= 15 is 0 Å². The lowest BCUT2D eigenvalue weighted by molar-refractivity contribution is -0.108. The molecule has 0 saturated carbocycles. The van der Waals surface area contributed by atoms with Crippen LogP contribution in [0.15, 0.2) is 35.5 Å². The molecule has 2 heteroatoms. The molecule has 0 aromatic carbocycles. The Hall–Kier alpha value is -0.820. The lowest BCUT2D eigenvalue weighted by Gasteiger charge is -1.91. The van der Waals surface area contributed by atoms with Crippen molar-refractivity contribution in [1.82, 2.24) is 0 Å². The van der Waals surface area contributed by atoms with Crippen LogP contribution in [-0.2, 0) is 4.79 Å². The molecular formula is C9H9ClO. The summed E-state index contributed by atoms with van der Waals surface area (Å²) in [6, 6.07) is 0. The second-order valence-corrected chi connectivity index (χ2v) is 2.85. The maximum atomic E-state index is 10.7. The summed E-state index contributed by atoms with van der Waals surface area (Å²) in [4.78, 5) is 10.7. The molecule has 0 bridgehead atoms. The van der Waals surface area contributed by atoms with E-state index in [9.17, 15) is 4.79 Å². The van der Waals surface area contributed by atoms with Gasteiger partial charge in [0, 0.05) is 5.57 Å². The van der Waals surface area contributed by atoms with Gasteiger partial charge >= 0.3 is 0 Å². The van der Waals surface area contributed by atoms with E-state index in [4.69, 9.17) is 11.6 Å². The smallest absolute Gasteiger partial charge is 0.252 e. The van der Waals surface area contributed by atoms with Gasteiger partial charge in [0.2, 0.25) is 0 Å². The van der Waals surface area contributed by atoms with E-state index in [1.165, 1.54) is 5.57 Å². The summed E-state index contributed by atoms with van der Waals surface area (Å²) in [5, 5.41) is -0.385. The van der Waals surface area contributed by atoms with E-state index < -0.39 is 0 Å². The van der Waals surface area contributed by atoms with Crippen molar-refractivity contribution in [3.8, 4) is 0 Å². The molecule has 11 heavy (non-hydrogen) atoms. The van der Waals surface area contributed by atoms with Crippen LogP contribution in [0.2, 0.25) is 0 Å². The fourth-order valence-corrected chi connectivity index (χ4v) is 1.01. The molecule has 0 amide bonds. The van der Waals surface area contributed by atoms with Gasteiger partial charge < -0.3 is 0 Å². The van der Waals surface area contributed by atoms with Gasteiger partial charge in [-0.2, -0.15) is 0 Å². The number of carbonyl (C=O) groups excluding carboxylic acids is 1. The SMILES string of the molecule is CC1=CC=CC(C(=O)Cl)=CC1. The van der Waals surface area contributed by atoms with Crippen LogP contribution in [0.3, 0.4) is 0 Å². The summed E-state index contributed by atoms with van der Waals surface area (Å²) >= 11 is 5.30. The molecule has 1 nitrogen and oxygen atoms in total. The second kappa shape index (κ2) is 3.54. The fourth-order valence-electron chi connectivity index (χ4n) is 0.869. The van der Waals surface area contributed by atoms with Gasteiger partial charge in [-0.15, -0.1) is 0 Å². The first-order chi connectivity index (χ1) is 5.20. The summed E-state index contributed by atoms with van der Waals surface area (Å²) in [6.45, 7) is 2.02. The van der Waals surface area contributed by atoms with Gasteiger partial charge in [-0.1, -0.05) is 29.9 Å². The summed E-state index contributed by atoms with van der Waals surface area (Å²) in [5.74, 6) is 0. The molecule has 0 aliphatic heterocycles. The number of halogens is 1. The third-order valence-corrected chi connectivity index (χ3v) is 1.75. The number of hydrogen-bond acceptors (Lipinski definition) is 1. The van der Waals surface area contributed by atoms with Crippen LogP contribution in [0.1, 0.15) is 13.3 Å². The normalized spacial score (nSPS) is 16.9. The van der Waals surface area contributed by atoms with Crippen LogP contribution >= 0.6 is 11.6 Å². The number of carbonyl (C=O) groups is 1. The average Bonchev–Trinajstić information content (AvgIpc) is 2.13. The molecule has 0 atom stereocenters. The summed E-state index contributed by atoms with van der Waals surface area (Å²) < 4.78 is 0. The largest absolute Gasteiger partial charge is 0.276 e. The monoisotopic (exact) mass is 168 g/mol. The molecule has 0 aromatic rings. The van der Waals surface area contributed by atoms with Crippen LogP contribution < -0.4 is 0 Å². The minimum atomic E-state index is -0.385. The predicted octanol–water partition coefficient (Wildman–Crippen LogP) is 2.58. The van der Waals surface area contributed by atoms with Gasteiger partial charge in [-0.3, -0.25) is 4.79 Å². The Labute approximate surface area is 71.0 Å². The van der Waals surface area contributed by atoms with Crippen molar-refractivity contribution in [3.63, 3.8) is 0 Å². The van der Waals surface area contributed by atoms with E-state index in [1.807, 2.05) is 25.2 Å². The van der Waals surface area contributed by atoms with Gasteiger partial charge in [0.25, 0.3) is 5.24 Å². The first-order valence-corrected chi connectivity index (χ1v) is 3.82.